The Morgan fingerprint density at radius 1 is 1.08 bits per heavy atom. The first kappa shape index (κ1) is 23.5. The molecule has 3 heterocycles. The number of aromatic nitrogens is 1. The largest absolute Gasteiger partial charge is 0.496 e. The van der Waals surface area contributed by atoms with E-state index in [1.165, 1.54) is 0 Å². The first-order valence-corrected chi connectivity index (χ1v) is 14.0. The van der Waals surface area contributed by atoms with Crippen molar-refractivity contribution in [3.05, 3.63) is 54.2 Å². The number of nitrogens with one attached hydrogen (secondary N) is 1. The van der Waals surface area contributed by atoms with E-state index in [2.05, 4.69) is 47.4 Å². The molecule has 0 unspecified atom stereocenters. The maximum absolute atomic E-state index is 13.9. The average molecular weight is 511 g/mol. The van der Waals surface area contributed by atoms with Crippen LogP contribution in [0.15, 0.2) is 53.7 Å². The van der Waals surface area contributed by atoms with Crippen molar-refractivity contribution in [2.75, 3.05) is 26.7 Å². The van der Waals surface area contributed by atoms with Crippen LogP contribution >= 0.6 is 0 Å². The summed E-state index contributed by atoms with van der Waals surface area (Å²) in [5.41, 5.74) is 3.51. The second kappa shape index (κ2) is 9.00. The van der Waals surface area contributed by atoms with Gasteiger partial charge >= 0.3 is 0 Å². The summed E-state index contributed by atoms with van der Waals surface area (Å²) in [6.45, 7) is 2.13. The molecule has 7 heteroatoms. The molecule has 3 aromatic rings. The number of hydrogen-bond donors (Lipinski definition) is 1. The van der Waals surface area contributed by atoms with Crippen LogP contribution in [0.3, 0.4) is 0 Å². The van der Waals surface area contributed by atoms with Crippen molar-refractivity contribution in [2.45, 2.75) is 50.5 Å². The second-order valence-electron chi connectivity index (χ2n) is 11.5. The van der Waals surface area contributed by atoms with Crippen LogP contribution in [0.1, 0.15) is 50.5 Å². The number of nitrogens with zero attached hydrogens (tertiary/aromatic N) is 3. The number of carbonyl (C=O) groups is 2. The molecular formula is C31H34N4O3. The minimum Gasteiger partial charge on any atom is -0.496 e. The SMILES string of the molecule is COc1cc(-c2ccc3[nH]ccc3c2)ccc1C1=NC2(CCCC2)C(=O)N1C[C@@H]1CCN(C(=O)C2CC2)C1. The number of ether oxygens (including phenoxy) is 1. The Morgan fingerprint density at radius 2 is 1.87 bits per heavy atom. The van der Waals surface area contributed by atoms with Crippen LogP contribution in [0.2, 0.25) is 0 Å². The Labute approximate surface area is 222 Å². The Morgan fingerprint density at radius 3 is 2.66 bits per heavy atom. The molecule has 7 rings (SSSR count). The summed E-state index contributed by atoms with van der Waals surface area (Å²) in [5, 5.41) is 1.16. The van der Waals surface area contributed by atoms with Gasteiger partial charge in [-0.15, -0.1) is 0 Å². The lowest BCUT2D eigenvalue weighted by Crippen LogP contribution is -2.44. The molecule has 2 aromatic carbocycles. The molecule has 4 aliphatic rings. The van der Waals surface area contributed by atoms with Gasteiger partial charge in [-0.05, 0) is 84.9 Å². The molecule has 1 N–H and O–H groups in total. The number of benzene rings is 2. The molecule has 2 aliphatic heterocycles. The number of amidine groups is 1. The Kier molecular flexibility index (Phi) is 5.57. The topological polar surface area (TPSA) is 78.0 Å². The number of likely N-dealkylation sites (tertiary alicyclic amines) is 1. The lowest BCUT2D eigenvalue weighted by Gasteiger charge is -2.26. The van der Waals surface area contributed by atoms with E-state index >= 15 is 0 Å². The lowest BCUT2D eigenvalue weighted by molar-refractivity contribution is -0.131. The third-order valence-corrected chi connectivity index (χ3v) is 8.94. The van der Waals surface area contributed by atoms with Crippen LogP contribution in [0, 0.1) is 11.8 Å². The number of hydrogen-bond acceptors (Lipinski definition) is 4. The number of aromatic amines is 1. The van der Waals surface area contributed by atoms with Gasteiger partial charge in [-0.3, -0.25) is 19.5 Å². The van der Waals surface area contributed by atoms with E-state index in [0.717, 1.165) is 97.2 Å². The summed E-state index contributed by atoms with van der Waals surface area (Å²) >= 11 is 0. The number of amides is 2. The molecule has 7 nitrogen and oxygen atoms in total. The van der Waals surface area contributed by atoms with Crippen LogP contribution in [-0.2, 0) is 9.59 Å². The van der Waals surface area contributed by atoms with E-state index in [0.29, 0.717) is 12.5 Å². The van der Waals surface area contributed by atoms with Crippen molar-refractivity contribution in [2.24, 2.45) is 16.8 Å². The maximum atomic E-state index is 13.9. The molecule has 0 bridgehead atoms. The summed E-state index contributed by atoms with van der Waals surface area (Å²) in [7, 11) is 1.68. The normalized spacial score (nSPS) is 22.6. The standard InChI is InChI=1S/C31H34N4O3/c1-38-27-17-23(22-7-9-26-24(16-22)10-14-32-26)6-8-25(27)28-33-31(12-2-3-13-31)30(37)35(28)19-20-11-15-34(18-20)29(36)21-4-5-21/h6-10,14,16-17,20-21,32H,2-5,11-13,15,18-19H2,1H3/t20-/m1/s1. The smallest absolute Gasteiger partial charge is 0.256 e. The number of rotatable bonds is 6. The number of fused-ring (bicyclic) bond motifs is 1. The summed E-state index contributed by atoms with van der Waals surface area (Å²) < 4.78 is 5.90. The summed E-state index contributed by atoms with van der Waals surface area (Å²) in [6, 6.07) is 14.7. The van der Waals surface area contributed by atoms with Gasteiger partial charge in [0.1, 0.15) is 17.1 Å². The zero-order chi connectivity index (χ0) is 25.9. The van der Waals surface area contributed by atoms with Gasteiger partial charge in [0.15, 0.2) is 0 Å². The quantitative estimate of drug-likeness (QED) is 0.507. The van der Waals surface area contributed by atoms with Gasteiger partial charge < -0.3 is 14.6 Å². The van der Waals surface area contributed by atoms with Gasteiger partial charge in [0, 0.05) is 37.3 Å². The average Bonchev–Trinajstić information content (AvgIpc) is 3.28. The van der Waals surface area contributed by atoms with Crippen LogP contribution in [0.5, 0.6) is 5.75 Å². The van der Waals surface area contributed by atoms with E-state index < -0.39 is 5.54 Å². The van der Waals surface area contributed by atoms with Crippen LogP contribution in [-0.4, -0.2) is 64.7 Å². The van der Waals surface area contributed by atoms with E-state index in [1.54, 1.807) is 7.11 Å². The highest BCUT2D eigenvalue weighted by Gasteiger charge is 2.51. The molecule has 3 fully saturated rings. The van der Waals surface area contributed by atoms with E-state index in [4.69, 9.17) is 9.73 Å². The van der Waals surface area contributed by atoms with Crippen molar-refractivity contribution in [1.82, 2.24) is 14.8 Å². The van der Waals surface area contributed by atoms with Crippen LogP contribution in [0.4, 0.5) is 0 Å². The first-order valence-electron chi connectivity index (χ1n) is 14.0. The number of methoxy groups -OCH3 is 1. The van der Waals surface area contributed by atoms with Crippen molar-refractivity contribution in [1.29, 1.82) is 0 Å². The van der Waals surface area contributed by atoms with Gasteiger partial charge in [0.2, 0.25) is 5.91 Å². The number of aliphatic imine (C=N–C) groups is 1. The third-order valence-electron chi connectivity index (χ3n) is 8.94. The molecule has 196 valence electrons. The predicted molar refractivity (Wildman–Crippen MR) is 147 cm³/mol. The van der Waals surface area contributed by atoms with E-state index in [-0.39, 0.29) is 17.7 Å². The number of carbonyl (C=O) groups excluding carboxylic acids is 2. The van der Waals surface area contributed by atoms with E-state index in [9.17, 15) is 9.59 Å². The highest BCUT2D eigenvalue weighted by molar-refractivity contribution is 6.16. The molecule has 1 aromatic heterocycles. The summed E-state index contributed by atoms with van der Waals surface area (Å²) in [5.74, 6) is 2.38. The minimum absolute atomic E-state index is 0.126. The Balaban J connectivity index is 1.20. The fourth-order valence-corrected chi connectivity index (χ4v) is 6.64. The number of H-pyrrole nitrogens is 1. The summed E-state index contributed by atoms with van der Waals surface area (Å²) in [4.78, 5) is 38.9. The molecule has 1 spiro atoms. The van der Waals surface area contributed by atoms with Crippen molar-refractivity contribution in [3.8, 4) is 16.9 Å². The molecule has 2 amide bonds. The highest BCUT2D eigenvalue weighted by Crippen LogP contribution is 2.42. The third kappa shape index (κ3) is 3.91. The molecule has 2 aliphatic carbocycles. The van der Waals surface area contributed by atoms with Gasteiger partial charge in [0.25, 0.3) is 5.91 Å². The molecule has 1 atom stereocenters. The Hall–Kier alpha value is -3.61. The van der Waals surface area contributed by atoms with Gasteiger partial charge in [-0.2, -0.15) is 0 Å². The van der Waals surface area contributed by atoms with Crippen molar-refractivity contribution < 1.29 is 14.3 Å². The molecule has 0 radical (unpaired) electrons. The second-order valence-corrected chi connectivity index (χ2v) is 11.5. The molecule has 38 heavy (non-hydrogen) atoms. The van der Waals surface area contributed by atoms with Crippen LogP contribution < -0.4 is 4.74 Å². The van der Waals surface area contributed by atoms with Gasteiger partial charge in [-0.1, -0.05) is 25.0 Å². The fraction of sp³-hybridized carbons (Fsp3) is 0.452. The molecule has 1 saturated heterocycles. The maximum Gasteiger partial charge on any atom is 0.256 e. The fourth-order valence-electron chi connectivity index (χ4n) is 6.64. The predicted octanol–water partition coefficient (Wildman–Crippen LogP) is 5.00. The van der Waals surface area contributed by atoms with Crippen molar-refractivity contribution >= 4 is 28.6 Å². The zero-order valence-electron chi connectivity index (χ0n) is 21.9. The molecular weight excluding hydrogens is 476 g/mol. The van der Waals surface area contributed by atoms with Crippen LogP contribution in [0.25, 0.3) is 22.0 Å². The van der Waals surface area contributed by atoms with Gasteiger partial charge in [-0.25, -0.2) is 0 Å². The van der Waals surface area contributed by atoms with E-state index in [1.807, 2.05) is 16.0 Å². The highest BCUT2D eigenvalue weighted by atomic mass is 16.5. The van der Waals surface area contributed by atoms with Gasteiger partial charge in [0.05, 0.1) is 12.7 Å². The molecule has 2 saturated carbocycles. The lowest BCUT2D eigenvalue weighted by atomic mass is 9.97. The first-order chi connectivity index (χ1) is 18.5. The van der Waals surface area contributed by atoms with Crippen molar-refractivity contribution in [3.63, 3.8) is 0 Å². The minimum atomic E-state index is -0.638. The Bertz CT molecular complexity index is 1450. The monoisotopic (exact) mass is 510 g/mol. The zero-order valence-corrected chi connectivity index (χ0v) is 21.9. The summed E-state index contributed by atoms with van der Waals surface area (Å²) in [6.07, 6.45) is 8.60.